The highest BCUT2D eigenvalue weighted by Crippen LogP contribution is 2.14. The Bertz CT molecular complexity index is 390. The lowest BCUT2D eigenvalue weighted by atomic mass is 10.1. The summed E-state index contributed by atoms with van der Waals surface area (Å²) >= 11 is 0. The second kappa shape index (κ2) is 5.51. The van der Waals surface area contributed by atoms with Gasteiger partial charge < -0.3 is 10.2 Å². The van der Waals surface area contributed by atoms with Crippen molar-refractivity contribution in [3.05, 3.63) is 35.1 Å². The van der Waals surface area contributed by atoms with E-state index >= 15 is 0 Å². The van der Waals surface area contributed by atoms with Gasteiger partial charge in [0, 0.05) is 38.8 Å². The van der Waals surface area contributed by atoms with Crippen LogP contribution in [0.4, 0.5) is 13.2 Å². The molecule has 0 radical (unpaired) electrons. The Morgan fingerprint density at radius 2 is 1.65 bits per heavy atom. The standard InChI is InChI=1S/C12H15F3N2/c13-10-8-12(15)11(14)7-9(10)1-4-17-5-2-16-3-6-17/h7-8,16H,1-6H2. The van der Waals surface area contributed by atoms with Gasteiger partial charge in [-0.25, -0.2) is 13.2 Å². The van der Waals surface area contributed by atoms with E-state index < -0.39 is 17.5 Å². The minimum absolute atomic E-state index is 0.238. The Hall–Kier alpha value is -1.07. The van der Waals surface area contributed by atoms with E-state index in [1.54, 1.807) is 0 Å². The minimum Gasteiger partial charge on any atom is -0.314 e. The summed E-state index contributed by atoms with van der Waals surface area (Å²) in [7, 11) is 0. The fourth-order valence-electron chi connectivity index (χ4n) is 1.97. The Labute approximate surface area is 98.4 Å². The fourth-order valence-corrected chi connectivity index (χ4v) is 1.97. The molecule has 0 aromatic heterocycles. The van der Waals surface area contributed by atoms with Gasteiger partial charge in [0.25, 0.3) is 0 Å². The molecule has 1 aliphatic rings. The molecule has 1 N–H and O–H groups in total. The molecule has 0 unspecified atom stereocenters. The first-order chi connectivity index (χ1) is 8.16. The normalized spacial score (nSPS) is 17.4. The predicted molar refractivity (Wildman–Crippen MR) is 59.3 cm³/mol. The van der Waals surface area contributed by atoms with Crippen molar-refractivity contribution in [2.45, 2.75) is 6.42 Å². The molecule has 1 saturated heterocycles. The monoisotopic (exact) mass is 244 g/mol. The summed E-state index contributed by atoms with van der Waals surface area (Å²) in [6.07, 6.45) is 0.406. The average Bonchev–Trinajstić information content (AvgIpc) is 2.33. The van der Waals surface area contributed by atoms with Crippen molar-refractivity contribution < 1.29 is 13.2 Å². The molecule has 0 atom stereocenters. The van der Waals surface area contributed by atoms with E-state index in [9.17, 15) is 13.2 Å². The fraction of sp³-hybridized carbons (Fsp3) is 0.500. The molecule has 94 valence electrons. The van der Waals surface area contributed by atoms with Crippen LogP contribution in [0.3, 0.4) is 0 Å². The summed E-state index contributed by atoms with van der Waals surface area (Å²) < 4.78 is 39.0. The van der Waals surface area contributed by atoms with Crippen molar-refractivity contribution in [2.75, 3.05) is 32.7 Å². The molecule has 1 aliphatic heterocycles. The summed E-state index contributed by atoms with van der Waals surface area (Å²) in [5.41, 5.74) is 0.238. The molecule has 0 amide bonds. The molecular formula is C12H15F3N2. The summed E-state index contributed by atoms with van der Waals surface area (Å²) in [4.78, 5) is 2.18. The van der Waals surface area contributed by atoms with Gasteiger partial charge in [0.05, 0.1) is 0 Å². The third kappa shape index (κ3) is 3.20. The van der Waals surface area contributed by atoms with Crippen molar-refractivity contribution in [3.8, 4) is 0 Å². The van der Waals surface area contributed by atoms with E-state index in [1.165, 1.54) is 0 Å². The predicted octanol–water partition coefficient (Wildman–Crippen LogP) is 1.55. The van der Waals surface area contributed by atoms with Gasteiger partial charge in [0.1, 0.15) is 5.82 Å². The van der Waals surface area contributed by atoms with E-state index in [-0.39, 0.29) is 5.56 Å². The molecule has 1 aromatic rings. The molecule has 0 aliphatic carbocycles. The SMILES string of the molecule is Fc1cc(F)c(CCN2CCNCC2)cc1F. The number of hydrogen-bond donors (Lipinski definition) is 1. The Kier molecular flexibility index (Phi) is 4.02. The van der Waals surface area contributed by atoms with Gasteiger partial charge in [-0.2, -0.15) is 0 Å². The molecule has 1 fully saturated rings. The van der Waals surface area contributed by atoms with Gasteiger partial charge in [-0.3, -0.25) is 0 Å². The van der Waals surface area contributed by atoms with Gasteiger partial charge in [0.15, 0.2) is 11.6 Å². The zero-order valence-corrected chi connectivity index (χ0v) is 9.48. The lowest BCUT2D eigenvalue weighted by Gasteiger charge is -2.27. The lowest BCUT2D eigenvalue weighted by molar-refractivity contribution is 0.243. The van der Waals surface area contributed by atoms with Crippen molar-refractivity contribution in [1.82, 2.24) is 10.2 Å². The first kappa shape index (κ1) is 12.4. The largest absolute Gasteiger partial charge is 0.314 e. The van der Waals surface area contributed by atoms with Crippen molar-refractivity contribution in [1.29, 1.82) is 0 Å². The highest BCUT2D eigenvalue weighted by molar-refractivity contribution is 5.20. The van der Waals surface area contributed by atoms with Crippen LogP contribution in [0.1, 0.15) is 5.56 Å². The average molecular weight is 244 g/mol. The van der Waals surface area contributed by atoms with Gasteiger partial charge in [-0.05, 0) is 18.1 Å². The van der Waals surface area contributed by atoms with Crippen molar-refractivity contribution in [3.63, 3.8) is 0 Å². The maximum absolute atomic E-state index is 13.3. The van der Waals surface area contributed by atoms with E-state index in [0.29, 0.717) is 19.0 Å². The zero-order chi connectivity index (χ0) is 12.3. The number of rotatable bonds is 3. The maximum Gasteiger partial charge on any atom is 0.161 e. The van der Waals surface area contributed by atoms with Crippen LogP contribution in [0.2, 0.25) is 0 Å². The number of halogens is 3. The quantitative estimate of drug-likeness (QED) is 0.812. The molecule has 2 nitrogen and oxygen atoms in total. The molecule has 0 bridgehead atoms. The van der Waals surface area contributed by atoms with Gasteiger partial charge in [-0.15, -0.1) is 0 Å². The summed E-state index contributed by atoms with van der Waals surface area (Å²) in [5.74, 6) is -2.78. The number of benzene rings is 1. The summed E-state index contributed by atoms with van der Waals surface area (Å²) in [6.45, 7) is 4.32. The Balaban J connectivity index is 1.96. The van der Waals surface area contributed by atoms with Gasteiger partial charge in [0.2, 0.25) is 0 Å². The number of hydrogen-bond acceptors (Lipinski definition) is 2. The molecule has 17 heavy (non-hydrogen) atoms. The molecule has 1 aromatic carbocycles. The van der Waals surface area contributed by atoms with Gasteiger partial charge in [-0.1, -0.05) is 0 Å². The summed E-state index contributed by atoms with van der Waals surface area (Å²) in [5, 5.41) is 3.22. The molecule has 1 heterocycles. The molecule has 5 heteroatoms. The zero-order valence-electron chi connectivity index (χ0n) is 9.48. The lowest BCUT2D eigenvalue weighted by Crippen LogP contribution is -2.44. The van der Waals surface area contributed by atoms with E-state index in [4.69, 9.17) is 0 Å². The van der Waals surface area contributed by atoms with Crippen molar-refractivity contribution in [2.24, 2.45) is 0 Å². The van der Waals surface area contributed by atoms with Crippen LogP contribution < -0.4 is 5.32 Å². The first-order valence-corrected chi connectivity index (χ1v) is 5.73. The number of piperazine rings is 1. The van der Waals surface area contributed by atoms with Gasteiger partial charge >= 0.3 is 0 Å². The third-order valence-corrected chi connectivity index (χ3v) is 3.00. The van der Waals surface area contributed by atoms with Crippen LogP contribution in [0.15, 0.2) is 12.1 Å². The third-order valence-electron chi connectivity index (χ3n) is 3.00. The smallest absolute Gasteiger partial charge is 0.161 e. The summed E-state index contributed by atoms with van der Waals surface area (Å²) in [6, 6.07) is 1.56. The van der Waals surface area contributed by atoms with Crippen LogP contribution in [-0.2, 0) is 6.42 Å². The van der Waals surface area contributed by atoms with Crippen LogP contribution in [-0.4, -0.2) is 37.6 Å². The van der Waals surface area contributed by atoms with Crippen LogP contribution >= 0.6 is 0 Å². The van der Waals surface area contributed by atoms with Crippen LogP contribution in [0.5, 0.6) is 0 Å². The highest BCUT2D eigenvalue weighted by atomic mass is 19.2. The molecular weight excluding hydrogens is 229 g/mol. The van der Waals surface area contributed by atoms with Crippen molar-refractivity contribution >= 4 is 0 Å². The Morgan fingerprint density at radius 1 is 1.00 bits per heavy atom. The first-order valence-electron chi connectivity index (χ1n) is 5.73. The topological polar surface area (TPSA) is 15.3 Å². The van der Waals surface area contributed by atoms with E-state index in [1.807, 2.05) is 0 Å². The Morgan fingerprint density at radius 3 is 2.35 bits per heavy atom. The minimum atomic E-state index is -1.13. The number of nitrogens with one attached hydrogen (secondary N) is 1. The highest BCUT2D eigenvalue weighted by Gasteiger charge is 2.13. The molecule has 0 saturated carbocycles. The van der Waals surface area contributed by atoms with Crippen LogP contribution in [0, 0.1) is 17.5 Å². The molecule has 0 spiro atoms. The second-order valence-electron chi connectivity index (χ2n) is 4.20. The number of nitrogens with zero attached hydrogens (tertiary/aromatic N) is 1. The van der Waals surface area contributed by atoms with Crippen LogP contribution in [0.25, 0.3) is 0 Å². The van der Waals surface area contributed by atoms with E-state index in [0.717, 1.165) is 32.2 Å². The molecule has 2 rings (SSSR count). The van der Waals surface area contributed by atoms with E-state index in [2.05, 4.69) is 10.2 Å². The second-order valence-corrected chi connectivity index (χ2v) is 4.20. The maximum atomic E-state index is 13.3.